The van der Waals surface area contributed by atoms with E-state index in [-0.39, 0.29) is 0 Å². The quantitative estimate of drug-likeness (QED) is 0.822. The van der Waals surface area contributed by atoms with Crippen LogP contribution in [0.1, 0.15) is 38.2 Å². The fourth-order valence-electron chi connectivity index (χ4n) is 3.30. The standard InChI is InChI=1S/C20H27N5O/c1-15-3-2-8-25(12-15)19-9-18(23-14-24-19)21-10-17-6-7-20(22-11-17)26-13-16-4-5-16/h6-7,9,11,14-16H,2-5,8,10,12-13H2,1H3,(H,21,23,24). The van der Waals surface area contributed by atoms with Gasteiger partial charge in [-0.05, 0) is 43.1 Å². The number of aromatic nitrogens is 3. The van der Waals surface area contributed by atoms with Gasteiger partial charge in [-0.25, -0.2) is 15.0 Å². The molecular weight excluding hydrogens is 326 g/mol. The maximum absolute atomic E-state index is 5.68. The zero-order valence-corrected chi connectivity index (χ0v) is 15.4. The number of piperidine rings is 1. The van der Waals surface area contributed by atoms with Crippen LogP contribution in [0.4, 0.5) is 11.6 Å². The van der Waals surface area contributed by atoms with Gasteiger partial charge in [0, 0.05) is 38.0 Å². The number of nitrogens with one attached hydrogen (secondary N) is 1. The number of anilines is 2. The number of hydrogen-bond donors (Lipinski definition) is 1. The lowest BCUT2D eigenvalue weighted by Crippen LogP contribution is -2.34. The van der Waals surface area contributed by atoms with E-state index in [0.29, 0.717) is 12.4 Å². The smallest absolute Gasteiger partial charge is 0.213 e. The first-order valence-electron chi connectivity index (χ1n) is 9.65. The summed E-state index contributed by atoms with van der Waals surface area (Å²) in [6.45, 7) is 5.93. The van der Waals surface area contributed by atoms with Gasteiger partial charge in [-0.3, -0.25) is 0 Å². The Morgan fingerprint density at radius 3 is 2.88 bits per heavy atom. The molecule has 6 nitrogen and oxygen atoms in total. The highest BCUT2D eigenvalue weighted by molar-refractivity contribution is 5.49. The van der Waals surface area contributed by atoms with E-state index in [0.717, 1.165) is 48.7 Å². The van der Waals surface area contributed by atoms with Crippen LogP contribution in [-0.4, -0.2) is 34.6 Å². The minimum Gasteiger partial charge on any atom is -0.477 e. The van der Waals surface area contributed by atoms with Crippen molar-refractivity contribution in [3.63, 3.8) is 0 Å². The van der Waals surface area contributed by atoms with E-state index in [1.54, 1.807) is 6.33 Å². The largest absolute Gasteiger partial charge is 0.477 e. The van der Waals surface area contributed by atoms with Crippen LogP contribution in [0.5, 0.6) is 5.88 Å². The van der Waals surface area contributed by atoms with E-state index in [4.69, 9.17) is 4.74 Å². The summed E-state index contributed by atoms with van der Waals surface area (Å²) in [7, 11) is 0. The van der Waals surface area contributed by atoms with Gasteiger partial charge in [-0.2, -0.15) is 0 Å². The van der Waals surface area contributed by atoms with Crippen molar-refractivity contribution in [1.29, 1.82) is 0 Å². The third-order valence-corrected chi connectivity index (χ3v) is 5.07. The van der Waals surface area contributed by atoms with Gasteiger partial charge in [0.1, 0.15) is 18.0 Å². The lowest BCUT2D eigenvalue weighted by atomic mass is 10.0. The molecule has 2 aromatic heterocycles. The Hall–Kier alpha value is -2.37. The van der Waals surface area contributed by atoms with Crippen molar-refractivity contribution < 1.29 is 4.74 Å². The minimum atomic E-state index is 0.683. The highest BCUT2D eigenvalue weighted by atomic mass is 16.5. The monoisotopic (exact) mass is 353 g/mol. The maximum Gasteiger partial charge on any atom is 0.213 e. The molecule has 1 saturated heterocycles. The van der Waals surface area contributed by atoms with Crippen LogP contribution >= 0.6 is 0 Å². The van der Waals surface area contributed by atoms with Gasteiger partial charge in [-0.1, -0.05) is 13.0 Å². The first kappa shape index (κ1) is 17.1. The lowest BCUT2D eigenvalue weighted by molar-refractivity contribution is 0.288. The van der Waals surface area contributed by atoms with Gasteiger partial charge < -0.3 is 15.0 Å². The number of nitrogens with zero attached hydrogens (tertiary/aromatic N) is 4. The topological polar surface area (TPSA) is 63.2 Å². The van der Waals surface area contributed by atoms with Crippen molar-refractivity contribution in [2.24, 2.45) is 11.8 Å². The molecule has 1 unspecified atom stereocenters. The molecular formula is C20H27N5O. The summed E-state index contributed by atoms with van der Waals surface area (Å²) in [5, 5.41) is 3.37. The van der Waals surface area contributed by atoms with Gasteiger partial charge in [0.2, 0.25) is 5.88 Å². The zero-order chi connectivity index (χ0) is 17.8. The van der Waals surface area contributed by atoms with E-state index in [9.17, 15) is 0 Å². The van der Waals surface area contributed by atoms with Gasteiger partial charge >= 0.3 is 0 Å². The summed E-state index contributed by atoms with van der Waals surface area (Å²) < 4.78 is 5.68. The van der Waals surface area contributed by atoms with Crippen molar-refractivity contribution in [1.82, 2.24) is 15.0 Å². The Balaban J connectivity index is 1.31. The number of ether oxygens (including phenoxy) is 1. The third kappa shape index (κ3) is 4.62. The maximum atomic E-state index is 5.68. The highest BCUT2D eigenvalue weighted by Crippen LogP contribution is 2.29. The molecule has 6 heteroatoms. The van der Waals surface area contributed by atoms with Crippen LogP contribution in [0.25, 0.3) is 0 Å². The van der Waals surface area contributed by atoms with Gasteiger partial charge in [0.15, 0.2) is 0 Å². The summed E-state index contributed by atoms with van der Waals surface area (Å²) >= 11 is 0. The molecule has 138 valence electrons. The molecule has 0 amide bonds. The molecule has 1 saturated carbocycles. The van der Waals surface area contributed by atoms with Crippen molar-refractivity contribution in [3.05, 3.63) is 36.3 Å². The Morgan fingerprint density at radius 2 is 2.12 bits per heavy atom. The molecule has 3 heterocycles. The van der Waals surface area contributed by atoms with E-state index in [1.807, 2.05) is 18.3 Å². The Morgan fingerprint density at radius 1 is 1.19 bits per heavy atom. The Labute approximate surface area is 155 Å². The van der Waals surface area contributed by atoms with Crippen LogP contribution in [0.2, 0.25) is 0 Å². The molecule has 2 fully saturated rings. The fraction of sp³-hybridized carbons (Fsp3) is 0.550. The molecule has 0 radical (unpaired) electrons. The van der Waals surface area contributed by atoms with Crippen molar-refractivity contribution in [2.75, 3.05) is 29.9 Å². The molecule has 2 aromatic rings. The van der Waals surface area contributed by atoms with E-state index >= 15 is 0 Å². The average molecular weight is 353 g/mol. The average Bonchev–Trinajstić information content (AvgIpc) is 3.50. The van der Waals surface area contributed by atoms with E-state index < -0.39 is 0 Å². The second-order valence-electron chi connectivity index (χ2n) is 7.57. The van der Waals surface area contributed by atoms with Gasteiger partial charge in [0.25, 0.3) is 0 Å². The molecule has 0 spiro atoms. The van der Waals surface area contributed by atoms with Crippen molar-refractivity contribution in [2.45, 2.75) is 39.2 Å². The second-order valence-corrected chi connectivity index (χ2v) is 7.57. The molecule has 0 aromatic carbocycles. The number of pyridine rings is 1. The highest BCUT2D eigenvalue weighted by Gasteiger charge is 2.22. The Bertz CT molecular complexity index is 716. The molecule has 26 heavy (non-hydrogen) atoms. The summed E-state index contributed by atoms with van der Waals surface area (Å²) in [6, 6.07) is 6.04. The lowest BCUT2D eigenvalue weighted by Gasteiger charge is -2.31. The van der Waals surface area contributed by atoms with Crippen LogP contribution in [0.3, 0.4) is 0 Å². The summed E-state index contributed by atoms with van der Waals surface area (Å²) in [5.41, 5.74) is 1.11. The first-order valence-corrected chi connectivity index (χ1v) is 9.65. The summed E-state index contributed by atoms with van der Waals surface area (Å²) in [5.74, 6) is 4.04. The van der Waals surface area contributed by atoms with Crippen molar-refractivity contribution in [3.8, 4) is 5.88 Å². The predicted octanol–water partition coefficient (Wildman–Crippen LogP) is 3.51. The van der Waals surface area contributed by atoms with Gasteiger partial charge in [-0.15, -0.1) is 0 Å². The zero-order valence-electron chi connectivity index (χ0n) is 15.4. The van der Waals surface area contributed by atoms with E-state index in [2.05, 4.69) is 38.2 Å². The molecule has 1 aliphatic heterocycles. The number of rotatable bonds is 7. The van der Waals surface area contributed by atoms with E-state index in [1.165, 1.54) is 25.7 Å². The molecule has 1 aliphatic carbocycles. The molecule has 1 atom stereocenters. The molecule has 1 N–H and O–H groups in total. The SMILES string of the molecule is CC1CCCN(c2cc(NCc3ccc(OCC4CC4)nc3)ncn2)C1. The van der Waals surface area contributed by atoms with Crippen LogP contribution < -0.4 is 15.0 Å². The van der Waals surface area contributed by atoms with Crippen LogP contribution in [-0.2, 0) is 6.54 Å². The molecule has 4 rings (SSSR count). The molecule has 2 aliphatic rings. The first-order chi connectivity index (χ1) is 12.8. The third-order valence-electron chi connectivity index (χ3n) is 5.07. The molecule has 0 bridgehead atoms. The van der Waals surface area contributed by atoms with Crippen molar-refractivity contribution >= 4 is 11.6 Å². The van der Waals surface area contributed by atoms with Crippen LogP contribution in [0, 0.1) is 11.8 Å². The summed E-state index contributed by atoms with van der Waals surface area (Å²) in [4.78, 5) is 15.5. The normalized spacial score (nSPS) is 20.0. The number of hydrogen-bond acceptors (Lipinski definition) is 6. The minimum absolute atomic E-state index is 0.683. The van der Waals surface area contributed by atoms with Gasteiger partial charge in [0.05, 0.1) is 6.61 Å². The summed E-state index contributed by atoms with van der Waals surface area (Å²) in [6.07, 6.45) is 8.63. The van der Waals surface area contributed by atoms with Crippen LogP contribution in [0.15, 0.2) is 30.7 Å². The predicted molar refractivity (Wildman–Crippen MR) is 102 cm³/mol. The second kappa shape index (κ2) is 7.89. The Kier molecular flexibility index (Phi) is 5.18. The fourth-order valence-corrected chi connectivity index (χ4v) is 3.30.